The maximum atomic E-state index is 6.02. The first-order valence-corrected chi connectivity index (χ1v) is 6.30. The highest BCUT2D eigenvalue weighted by Gasteiger charge is 2.10. The minimum absolute atomic E-state index is 0.528. The summed E-state index contributed by atoms with van der Waals surface area (Å²) in [5, 5.41) is 8.69. The Labute approximate surface area is 105 Å². The number of hydrogen-bond donors (Lipinski definition) is 1. The average molecular weight is 278 g/mol. The second-order valence-electron chi connectivity index (χ2n) is 2.62. The third-order valence-electron chi connectivity index (χ3n) is 1.55. The van der Waals surface area contributed by atoms with E-state index >= 15 is 0 Å². The molecule has 0 radical (unpaired) electrons. The van der Waals surface area contributed by atoms with Crippen molar-refractivity contribution in [1.29, 1.82) is 0 Å². The van der Waals surface area contributed by atoms with Crippen LogP contribution in [0, 0.1) is 0 Å². The van der Waals surface area contributed by atoms with Gasteiger partial charge in [0.05, 0.1) is 14.9 Å². The number of benzene rings is 1. The summed E-state index contributed by atoms with van der Waals surface area (Å²) < 4.78 is 0.795. The summed E-state index contributed by atoms with van der Waals surface area (Å²) in [6, 6.07) is 3.33. The van der Waals surface area contributed by atoms with Crippen LogP contribution in [-0.2, 0) is 0 Å². The Morgan fingerprint density at radius 2 is 1.93 bits per heavy atom. The Bertz CT molecular complexity index is 450. The topological polar surface area (TPSA) is 51.8 Å². The van der Waals surface area contributed by atoms with Crippen LogP contribution in [0.15, 0.2) is 26.9 Å². The monoisotopic (exact) mass is 277 g/mol. The zero-order valence-electron chi connectivity index (χ0n) is 7.28. The van der Waals surface area contributed by atoms with Gasteiger partial charge in [-0.2, -0.15) is 0 Å². The first-order valence-electron chi connectivity index (χ1n) is 3.85. The molecule has 1 aromatic heterocycles. The van der Waals surface area contributed by atoms with Gasteiger partial charge in [-0.3, -0.25) is 0 Å². The second-order valence-corrected chi connectivity index (χ2v) is 5.53. The predicted molar refractivity (Wildman–Crippen MR) is 64.9 cm³/mol. The van der Waals surface area contributed by atoms with Crippen LogP contribution in [0.4, 0.5) is 5.69 Å². The maximum Gasteiger partial charge on any atom is 0.178 e. The van der Waals surface area contributed by atoms with Gasteiger partial charge in [0.25, 0.3) is 0 Å². The molecule has 0 aliphatic heterocycles. The number of hydrogen-bond acceptors (Lipinski definition) is 5. The van der Waals surface area contributed by atoms with Crippen LogP contribution >= 0.6 is 46.3 Å². The molecule has 0 fully saturated rings. The Hall–Kier alpha value is -0.490. The van der Waals surface area contributed by atoms with Crippen LogP contribution in [-0.4, -0.2) is 10.2 Å². The summed E-state index contributed by atoms with van der Waals surface area (Å²) in [6.07, 6.45) is 0. The van der Waals surface area contributed by atoms with Gasteiger partial charge in [0.15, 0.2) is 4.34 Å². The van der Waals surface area contributed by atoms with Gasteiger partial charge in [-0.05, 0) is 12.1 Å². The van der Waals surface area contributed by atoms with Crippen LogP contribution in [0.25, 0.3) is 0 Å². The Balaban J connectivity index is 2.36. The van der Waals surface area contributed by atoms with E-state index in [1.54, 1.807) is 17.6 Å². The van der Waals surface area contributed by atoms with Gasteiger partial charge < -0.3 is 5.73 Å². The molecular weight excluding hydrogens is 273 g/mol. The summed E-state index contributed by atoms with van der Waals surface area (Å²) in [6.45, 7) is 0. The molecule has 0 unspecified atom stereocenters. The molecule has 1 heterocycles. The lowest BCUT2D eigenvalue weighted by Gasteiger charge is -2.05. The highest BCUT2D eigenvalue weighted by Crippen LogP contribution is 2.40. The molecule has 0 saturated heterocycles. The van der Waals surface area contributed by atoms with Crippen LogP contribution in [0.3, 0.4) is 0 Å². The highest BCUT2D eigenvalue weighted by atomic mass is 35.5. The largest absolute Gasteiger partial charge is 0.399 e. The van der Waals surface area contributed by atoms with Crippen LogP contribution in [0.1, 0.15) is 0 Å². The summed E-state index contributed by atoms with van der Waals surface area (Å²) in [4.78, 5) is 0.754. The first-order chi connectivity index (χ1) is 7.16. The number of rotatable bonds is 2. The van der Waals surface area contributed by atoms with E-state index in [4.69, 9.17) is 28.9 Å². The van der Waals surface area contributed by atoms with Gasteiger partial charge >= 0.3 is 0 Å². The van der Waals surface area contributed by atoms with Crippen molar-refractivity contribution in [2.75, 3.05) is 5.73 Å². The molecule has 0 atom stereocenters. The quantitative estimate of drug-likeness (QED) is 0.853. The van der Waals surface area contributed by atoms with Gasteiger partial charge in [0, 0.05) is 5.69 Å². The van der Waals surface area contributed by atoms with Gasteiger partial charge in [0.2, 0.25) is 0 Å². The van der Waals surface area contributed by atoms with E-state index in [0.29, 0.717) is 15.7 Å². The molecule has 7 heteroatoms. The minimum Gasteiger partial charge on any atom is -0.399 e. The lowest BCUT2D eigenvalue weighted by atomic mass is 10.3. The molecule has 2 aromatic rings. The van der Waals surface area contributed by atoms with Crippen molar-refractivity contribution in [2.45, 2.75) is 9.24 Å². The summed E-state index contributed by atoms with van der Waals surface area (Å²) in [5.41, 5.74) is 7.80. The van der Waals surface area contributed by atoms with Crippen LogP contribution in [0.2, 0.25) is 10.0 Å². The van der Waals surface area contributed by atoms with E-state index < -0.39 is 0 Å². The summed E-state index contributed by atoms with van der Waals surface area (Å²) in [7, 11) is 0. The number of anilines is 1. The Morgan fingerprint density at radius 3 is 2.47 bits per heavy atom. The fourth-order valence-electron chi connectivity index (χ4n) is 0.972. The molecular formula is C8H5Cl2N3S2. The van der Waals surface area contributed by atoms with E-state index in [0.717, 1.165) is 9.24 Å². The molecule has 3 nitrogen and oxygen atoms in total. The van der Waals surface area contributed by atoms with Crippen molar-refractivity contribution in [2.24, 2.45) is 0 Å². The number of nitrogen functional groups attached to an aromatic ring is 1. The molecule has 0 amide bonds. The molecule has 0 saturated carbocycles. The van der Waals surface area contributed by atoms with E-state index in [1.807, 2.05) is 0 Å². The molecule has 0 spiro atoms. The van der Waals surface area contributed by atoms with E-state index in [9.17, 15) is 0 Å². The van der Waals surface area contributed by atoms with Crippen molar-refractivity contribution >= 4 is 52.0 Å². The van der Waals surface area contributed by atoms with Gasteiger partial charge in [-0.15, -0.1) is 10.2 Å². The molecule has 0 aliphatic carbocycles. The third-order valence-corrected chi connectivity index (χ3v) is 4.29. The van der Waals surface area contributed by atoms with Crippen LogP contribution in [0.5, 0.6) is 0 Å². The molecule has 0 bridgehead atoms. The van der Waals surface area contributed by atoms with E-state index in [1.165, 1.54) is 23.1 Å². The standard InChI is InChI=1S/C8H5Cl2N3S2/c9-5-1-4(11)2-6(10)7(5)15-8-13-12-3-14-8/h1-3H,11H2. The normalized spacial score (nSPS) is 10.5. The zero-order valence-corrected chi connectivity index (χ0v) is 10.4. The van der Waals surface area contributed by atoms with Gasteiger partial charge in [0.1, 0.15) is 5.51 Å². The van der Waals surface area contributed by atoms with E-state index in [2.05, 4.69) is 10.2 Å². The number of nitrogens with zero attached hydrogens (tertiary/aromatic N) is 2. The fraction of sp³-hybridized carbons (Fsp3) is 0. The smallest absolute Gasteiger partial charge is 0.178 e. The molecule has 15 heavy (non-hydrogen) atoms. The maximum absolute atomic E-state index is 6.02. The molecule has 78 valence electrons. The summed E-state index contributed by atoms with van der Waals surface area (Å²) >= 11 is 14.9. The lowest BCUT2D eigenvalue weighted by molar-refractivity contribution is 1.01. The van der Waals surface area contributed by atoms with Crippen molar-refractivity contribution in [3.8, 4) is 0 Å². The van der Waals surface area contributed by atoms with E-state index in [-0.39, 0.29) is 0 Å². The Kier molecular flexibility index (Phi) is 3.35. The number of halogens is 2. The first kappa shape index (κ1) is 11.0. The van der Waals surface area contributed by atoms with Gasteiger partial charge in [-0.25, -0.2) is 0 Å². The van der Waals surface area contributed by atoms with Crippen molar-refractivity contribution in [3.05, 3.63) is 27.7 Å². The second kappa shape index (κ2) is 4.57. The molecule has 1 aromatic carbocycles. The number of aromatic nitrogens is 2. The van der Waals surface area contributed by atoms with Gasteiger partial charge in [-0.1, -0.05) is 46.3 Å². The predicted octanol–water partition coefficient (Wildman–Crippen LogP) is 3.58. The SMILES string of the molecule is Nc1cc(Cl)c(Sc2nncs2)c(Cl)c1. The molecule has 2 rings (SSSR count). The molecule has 2 N–H and O–H groups in total. The van der Waals surface area contributed by atoms with Crippen molar-refractivity contribution in [3.63, 3.8) is 0 Å². The number of nitrogens with two attached hydrogens (primary N) is 1. The minimum atomic E-state index is 0.528. The summed E-state index contributed by atoms with van der Waals surface area (Å²) in [5.74, 6) is 0. The molecule has 0 aliphatic rings. The van der Waals surface area contributed by atoms with Crippen molar-refractivity contribution in [1.82, 2.24) is 10.2 Å². The Morgan fingerprint density at radius 1 is 1.27 bits per heavy atom. The highest BCUT2D eigenvalue weighted by molar-refractivity contribution is 8.01. The fourth-order valence-corrected chi connectivity index (χ4v) is 3.13. The lowest BCUT2D eigenvalue weighted by Crippen LogP contribution is -1.86. The van der Waals surface area contributed by atoms with Crippen molar-refractivity contribution < 1.29 is 0 Å². The third kappa shape index (κ3) is 2.55. The average Bonchev–Trinajstić information content (AvgIpc) is 2.63. The van der Waals surface area contributed by atoms with Crippen LogP contribution < -0.4 is 5.73 Å². The zero-order chi connectivity index (χ0) is 10.8.